The first-order chi connectivity index (χ1) is 13.1. The van der Waals surface area contributed by atoms with E-state index in [4.69, 9.17) is 13.7 Å². The fourth-order valence-electron chi connectivity index (χ4n) is 2.77. The Labute approximate surface area is 163 Å². The highest BCUT2D eigenvalue weighted by Crippen LogP contribution is 2.30. The van der Waals surface area contributed by atoms with E-state index in [9.17, 15) is 23.1 Å². The highest BCUT2D eigenvalue weighted by atomic mass is 32.2. The second-order valence-electron chi connectivity index (χ2n) is 6.14. The standard InChI is InChI=1S/C18H23NO8S/c1-5-26-18(22)15(12(3)20)19-14(16(25-4)17(19)21)10-27-28(23,24)13-8-6-11(2)7-9-13/h6-9,14,16,20H,5,10H2,1-4H3/b15-12+/t14-,16+/m0/s1. The summed E-state index contributed by atoms with van der Waals surface area (Å²) in [6, 6.07) is 5.14. The lowest BCUT2D eigenvalue weighted by Crippen LogP contribution is -2.67. The number of allylic oxidation sites excluding steroid dienone is 1. The molecule has 10 heteroatoms. The van der Waals surface area contributed by atoms with E-state index in [0.29, 0.717) is 0 Å². The van der Waals surface area contributed by atoms with Crippen LogP contribution in [0.25, 0.3) is 0 Å². The van der Waals surface area contributed by atoms with Crippen molar-refractivity contribution in [3.63, 3.8) is 0 Å². The minimum absolute atomic E-state index is 0.0360. The van der Waals surface area contributed by atoms with Crippen molar-refractivity contribution in [3.05, 3.63) is 41.3 Å². The predicted molar refractivity (Wildman–Crippen MR) is 97.7 cm³/mol. The highest BCUT2D eigenvalue weighted by molar-refractivity contribution is 7.86. The molecule has 9 nitrogen and oxygen atoms in total. The lowest BCUT2D eigenvalue weighted by molar-refractivity contribution is -0.172. The number of amides is 1. The Kier molecular flexibility index (Phi) is 6.81. The van der Waals surface area contributed by atoms with E-state index in [2.05, 4.69) is 0 Å². The van der Waals surface area contributed by atoms with Crippen LogP contribution in [0.5, 0.6) is 0 Å². The summed E-state index contributed by atoms with van der Waals surface area (Å²) in [6.45, 7) is 4.19. The molecule has 0 bridgehead atoms. The molecule has 1 aromatic rings. The van der Waals surface area contributed by atoms with E-state index in [1.807, 2.05) is 6.92 Å². The van der Waals surface area contributed by atoms with Crippen molar-refractivity contribution in [1.29, 1.82) is 0 Å². The number of hydrogen-bond acceptors (Lipinski definition) is 8. The SMILES string of the molecule is CCOC(=O)/C(=C(/C)O)N1C(=O)[C@H](OC)[C@@H]1COS(=O)(=O)c1ccc(C)cc1. The molecule has 2 atom stereocenters. The number of carbonyl (C=O) groups is 2. The number of ether oxygens (including phenoxy) is 2. The zero-order valence-electron chi connectivity index (χ0n) is 16.0. The summed E-state index contributed by atoms with van der Waals surface area (Å²) < 4.78 is 39.8. The molecule has 154 valence electrons. The molecule has 0 unspecified atom stereocenters. The lowest BCUT2D eigenvalue weighted by atomic mass is 9.97. The van der Waals surface area contributed by atoms with Crippen molar-refractivity contribution in [2.75, 3.05) is 20.3 Å². The van der Waals surface area contributed by atoms with E-state index in [1.165, 1.54) is 26.2 Å². The van der Waals surface area contributed by atoms with Crippen LogP contribution in [0.3, 0.4) is 0 Å². The topological polar surface area (TPSA) is 119 Å². The van der Waals surface area contributed by atoms with Crippen molar-refractivity contribution in [1.82, 2.24) is 4.90 Å². The molecule has 1 fully saturated rings. The number of benzene rings is 1. The van der Waals surface area contributed by atoms with E-state index in [0.717, 1.165) is 10.5 Å². The molecule has 1 N–H and O–H groups in total. The third kappa shape index (κ3) is 4.34. The molecule has 0 aliphatic carbocycles. The smallest absolute Gasteiger partial charge is 0.358 e. The quantitative estimate of drug-likeness (QED) is 0.223. The van der Waals surface area contributed by atoms with Gasteiger partial charge < -0.3 is 14.6 Å². The number of aliphatic hydroxyl groups is 1. The van der Waals surface area contributed by atoms with Gasteiger partial charge in [0, 0.05) is 7.11 Å². The van der Waals surface area contributed by atoms with Gasteiger partial charge in [0.15, 0.2) is 11.8 Å². The first kappa shape index (κ1) is 21.9. The lowest BCUT2D eigenvalue weighted by Gasteiger charge is -2.45. The molecule has 0 aromatic heterocycles. The molecule has 2 rings (SSSR count). The molecule has 0 spiro atoms. The Morgan fingerprint density at radius 3 is 2.36 bits per heavy atom. The maximum absolute atomic E-state index is 12.4. The number of β-lactam (4-membered cyclic amide) rings is 1. The van der Waals surface area contributed by atoms with Crippen LogP contribution in [-0.2, 0) is 33.4 Å². The van der Waals surface area contributed by atoms with Crippen molar-refractivity contribution < 1.29 is 36.8 Å². The van der Waals surface area contributed by atoms with Gasteiger partial charge >= 0.3 is 5.97 Å². The van der Waals surface area contributed by atoms with Crippen LogP contribution in [0.15, 0.2) is 40.6 Å². The van der Waals surface area contributed by atoms with Gasteiger partial charge in [0.2, 0.25) is 0 Å². The summed E-state index contributed by atoms with van der Waals surface area (Å²) in [5.41, 5.74) is 0.512. The van der Waals surface area contributed by atoms with Crippen molar-refractivity contribution in [3.8, 4) is 0 Å². The molecule has 1 amide bonds. The number of rotatable bonds is 8. The van der Waals surface area contributed by atoms with Gasteiger partial charge in [-0.1, -0.05) is 17.7 Å². The number of methoxy groups -OCH3 is 1. The summed E-state index contributed by atoms with van der Waals surface area (Å²) in [5, 5.41) is 9.86. The van der Waals surface area contributed by atoms with Crippen molar-refractivity contribution in [2.45, 2.75) is 37.8 Å². The second kappa shape index (κ2) is 8.72. The number of nitrogens with zero attached hydrogens (tertiary/aromatic N) is 1. The van der Waals surface area contributed by atoms with Crippen LogP contribution in [0.4, 0.5) is 0 Å². The van der Waals surface area contributed by atoms with Gasteiger partial charge in [0.1, 0.15) is 5.76 Å². The summed E-state index contributed by atoms with van der Waals surface area (Å²) in [4.78, 5) is 25.4. The molecule has 1 aromatic carbocycles. The molecule has 0 saturated carbocycles. The second-order valence-corrected chi connectivity index (χ2v) is 7.75. The monoisotopic (exact) mass is 413 g/mol. The number of aliphatic hydroxyl groups excluding tert-OH is 1. The third-order valence-corrected chi connectivity index (χ3v) is 5.47. The number of aryl methyl sites for hydroxylation is 1. The van der Waals surface area contributed by atoms with Gasteiger partial charge in [0.05, 0.1) is 24.2 Å². The number of likely N-dealkylation sites (tertiary alicyclic amines) is 1. The fraction of sp³-hybridized carbons (Fsp3) is 0.444. The van der Waals surface area contributed by atoms with Gasteiger partial charge in [-0.05, 0) is 32.9 Å². The third-order valence-electron chi connectivity index (χ3n) is 4.17. The van der Waals surface area contributed by atoms with E-state index in [1.54, 1.807) is 19.1 Å². The van der Waals surface area contributed by atoms with Gasteiger partial charge in [-0.25, -0.2) is 4.79 Å². The first-order valence-corrected chi connectivity index (χ1v) is 9.93. The Balaban J connectivity index is 2.23. The molecule has 28 heavy (non-hydrogen) atoms. The van der Waals surface area contributed by atoms with Crippen LogP contribution in [-0.4, -0.2) is 62.8 Å². The zero-order valence-corrected chi connectivity index (χ0v) is 16.9. The van der Waals surface area contributed by atoms with Crippen molar-refractivity contribution in [2.24, 2.45) is 0 Å². The van der Waals surface area contributed by atoms with E-state index >= 15 is 0 Å². The van der Waals surface area contributed by atoms with Gasteiger partial charge in [0.25, 0.3) is 16.0 Å². The molecule has 1 heterocycles. The molecular formula is C18H23NO8S. The Morgan fingerprint density at radius 2 is 1.86 bits per heavy atom. The predicted octanol–water partition coefficient (Wildman–Crippen LogP) is 1.28. The number of hydrogen-bond donors (Lipinski definition) is 1. The van der Waals surface area contributed by atoms with Gasteiger partial charge in [-0.15, -0.1) is 0 Å². The fourth-order valence-corrected chi connectivity index (χ4v) is 3.69. The van der Waals surface area contributed by atoms with E-state index in [-0.39, 0.29) is 17.2 Å². The normalized spacial score (nSPS) is 20.4. The number of esters is 1. The molecule has 1 aliphatic rings. The largest absolute Gasteiger partial charge is 0.510 e. The number of carbonyl (C=O) groups excluding carboxylic acids is 2. The van der Waals surface area contributed by atoms with Crippen LogP contribution in [0, 0.1) is 6.92 Å². The molecule has 1 saturated heterocycles. The summed E-state index contributed by atoms with van der Waals surface area (Å²) in [6.07, 6.45) is -1.02. The Morgan fingerprint density at radius 1 is 1.25 bits per heavy atom. The van der Waals surface area contributed by atoms with Crippen LogP contribution in [0.1, 0.15) is 19.4 Å². The average Bonchev–Trinajstić information content (AvgIpc) is 2.62. The Bertz CT molecular complexity index is 871. The molecular weight excluding hydrogens is 390 g/mol. The molecule has 0 radical (unpaired) electrons. The van der Waals surface area contributed by atoms with Gasteiger partial charge in [-0.3, -0.25) is 13.9 Å². The highest BCUT2D eigenvalue weighted by Gasteiger charge is 2.52. The van der Waals surface area contributed by atoms with Crippen LogP contribution >= 0.6 is 0 Å². The Hall–Kier alpha value is -2.43. The van der Waals surface area contributed by atoms with Crippen LogP contribution in [0.2, 0.25) is 0 Å². The first-order valence-electron chi connectivity index (χ1n) is 8.53. The molecule has 1 aliphatic heterocycles. The van der Waals surface area contributed by atoms with Crippen LogP contribution < -0.4 is 0 Å². The van der Waals surface area contributed by atoms with E-state index < -0.39 is 46.5 Å². The maximum atomic E-state index is 12.4. The van der Waals surface area contributed by atoms with Crippen molar-refractivity contribution >= 4 is 22.0 Å². The maximum Gasteiger partial charge on any atom is 0.358 e. The summed E-state index contributed by atoms with van der Waals surface area (Å²) >= 11 is 0. The minimum Gasteiger partial charge on any atom is -0.510 e. The average molecular weight is 413 g/mol. The minimum atomic E-state index is -4.09. The summed E-state index contributed by atoms with van der Waals surface area (Å²) in [7, 11) is -2.81. The van der Waals surface area contributed by atoms with Gasteiger partial charge in [-0.2, -0.15) is 8.42 Å². The summed E-state index contributed by atoms with van der Waals surface area (Å²) in [5.74, 6) is -1.95. The zero-order chi connectivity index (χ0) is 21.1.